The molecule has 0 aliphatic carbocycles. The summed E-state index contributed by atoms with van der Waals surface area (Å²) in [4.78, 5) is 11.8. The van der Waals surface area contributed by atoms with Gasteiger partial charge in [-0.25, -0.2) is 0 Å². The SMILES string of the molecule is CCC(N)(CC)CNC(=O)CCCCOc1ccc(Br)cc1. The smallest absolute Gasteiger partial charge is 0.220 e. The Hall–Kier alpha value is -1.07. The van der Waals surface area contributed by atoms with Gasteiger partial charge >= 0.3 is 0 Å². The van der Waals surface area contributed by atoms with Crippen LogP contribution in [0.15, 0.2) is 28.7 Å². The van der Waals surface area contributed by atoms with E-state index in [-0.39, 0.29) is 11.4 Å². The Morgan fingerprint density at radius 1 is 1.23 bits per heavy atom. The predicted molar refractivity (Wildman–Crippen MR) is 94.0 cm³/mol. The minimum Gasteiger partial charge on any atom is -0.494 e. The topological polar surface area (TPSA) is 64.3 Å². The van der Waals surface area contributed by atoms with E-state index < -0.39 is 0 Å². The summed E-state index contributed by atoms with van der Waals surface area (Å²) in [6.45, 7) is 5.28. The highest BCUT2D eigenvalue weighted by atomic mass is 79.9. The molecule has 1 rings (SSSR count). The molecular weight excluding hydrogens is 344 g/mol. The predicted octanol–water partition coefficient (Wildman–Crippen LogP) is 3.63. The number of carbonyl (C=O) groups excluding carboxylic acids is 1. The summed E-state index contributed by atoms with van der Waals surface area (Å²) in [6.07, 6.45) is 3.93. The van der Waals surface area contributed by atoms with E-state index >= 15 is 0 Å². The monoisotopic (exact) mass is 370 g/mol. The van der Waals surface area contributed by atoms with Crippen LogP contribution in [0.3, 0.4) is 0 Å². The highest BCUT2D eigenvalue weighted by Gasteiger charge is 2.20. The van der Waals surface area contributed by atoms with Crippen LogP contribution in [0.2, 0.25) is 0 Å². The molecule has 3 N–H and O–H groups in total. The Labute approximate surface area is 141 Å². The lowest BCUT2D eigenvalue weighted by atomic mass is 9.94. The number of nitrogens with one attached hydrogen (secondary N) is 1. The summed E-state index contributed by atoms with van der Waals surface area (Å²) in [6, 6.07) is 7.74. The normalized spacial score (nSPS) is 11.3. The van der Waals surface area contributed by atoms with Gasteiger partial charge in [0.25, 0.3) is 0 Å². The first-order chi connectivity index (χ1) is 10.5. The van der Waals surface area contributed by atoms with Crippen LogP contribution in [-0.2, 0) is 4.79 Å². The van der Waals surface area contributed by atoms with Crippen LogP contribution in [0.25, 0.3) is 0 Å². The summed E-state index contributed by atoms with van der Waals surface area (Å²) < 4.78 is 6.65. The third kappa shape index (κ3) is 7.27. The highest BCUT2D eigenvalue weighted by Crippen LogP contribution is 2.16. The average Bonchev–Trinajstić information content (AvgIpc) is 2.54. The van der Waals surface area contributed by atoms with E-state index in [0.717, 1.165) is 35.9 Å². The number of rotatable bonds is 10. The molecule has 4 nitrogen and oxygen atoms in total. The van der Waals surface area contributed by atoms with Crippen molar-refractivity contribution in [2.75, 3.05) is 13.2 Å². The van der Waals surface area contributed by atoms with Crippen molar-refractivity contribution < 1.29 is 9.53 Å². The zero-order valence-electron chi connectivity index (χ0n) is 13.5. The minimum absolute atomic E-state index is 0.0698. The van der Waals surface area contributed by atoms with Crippen molar-refractivity contribution >= 4 is 21.8 Å². The molecule has 1 aromatic carbocycles. The third-order valence-corrected chi connectivity index (χ3v) is 4.46. The number of nitrogens with two attached hydrogens (primary N) is 1. The second-order valence-electron chi connectivity index (χ2n) is 5.61. The van der Waals surface area contributed by atoms with Gasteiger partial charge in [-0.05, 0) is 49.9 Å². The molecule has 0 aromatic heterocycles. The Morgan fingerprint density at radius 2 is 1.86 bits per heavy atom. The van der Waals surface area contributed by atoms with Gasteiger partial charge in [-0.1, -0.05) is 29.8 Å². The van der Waals surface area contributed by atoms with Crippen LogP contribution in [-0.4, -0.2) is 24.6 Å². The first-order valence-electron chi connectivity index (χ1n) is 7.93. The number of carbonyl (C=O) groups is 1. The quantitative estimate of drug-likeness (QED) is 0.618. The standard InChI is InChI=1S/C17H27BrN2O2/c1-3-17(19,4-2)13-20-16(21)7-5-6-12-22-15-10-8-14(18)9-11-15/h8-11H,3-7,12-13,19H2,1-2H3,(H,20,21). The maximum atomic E-state index is 11.8. The fraction of sp³-hybridized carbons (Fsp3) is 0.588. The van der Waals surface area contributed by atoms with Gasteiger partial charge in [0.05, 0.1) is 6.61 Å². The number of amides is 1. The molecule has 1 amide bonds. The number of benzene rings is 1. The number of unbranched alkanes of at least 4 members (excludes halogenated alkanes) is 1. The van der Waals surface area contributed by atoms with Crippen molar-refractivity contribution in [1.82, 2.24) is 5.32 Å². The Kier molecular flexibility index (Phi) is 8.49. The van der Waals surface area contributed by atoms with Gasteiger partial charge in [0, 0.05) is 23.0 Å². The van der Waals surface area contributed by atoms with E-state index in [9.17, 15) is 4.79 Å². The van der Waals surface area contributed by atoms with E-state index in [1.807, 2.05) is 24.3 Å². The molecule has 0 bridgehead atoms. The number of hydrogen-bond acceptors (Lipinski definition) is 3. The van der Waals surface area contributed by atoms with Crippen molar-refractivity contribution in [3.8, 4) is 5.75 Å². The van der Waals surface area contributed by atoms with Crippen molar-refractivity contribution in [1.29, 1.82) is 0 Å². The van der Waals surface area contributed by atoms with E-state index in [4.69, 9.17) is 10.5 Å². The Morgan fingerprint density at radius 3 is 2.45 bits per heavy atom. The largest absolute Gasteiger partial charge is 0.494 e. The number of halogens is 1. The molecule has 0 atom stereocenters. The molecule has 0 unspecified atom stereocenters. The second kappa shape index (κ2) is 9.85. The molecule has 22 heavy (non-hydrogen) atoms. The van der Waals surface area contributed by atoms with Gasteiger partial charge in [0.1, 0.15) is 5.75 Å². The van der Waals surface area contributed by atoms with Gasteiger partial charge in [-0.15, -0.1) is 0 Å². The molecule has 0 heterocycles. The van der Waals surface area contributed by atoms with Crippen LogP contribution in [0, 0.1) is 0 Å². The second-order valence-corrected chi connectivity index (χ2v) is 6.52. The zero-order valence-corrected chi connectivity index (χ0v) is 15.1. The molecule has 0 saturated heterocycles. The lowest BCUT2D eigenvalue weighted by molar-refractivity contribution is -0.121. The Balaban J connectivity index is 2.11. The molecular formula is C17H27BrN2O2. The molecule has 124 valence electrons. The third-order valence-electron chi connectivity index (χ3n) is 3.93. The van der Waals surface area contributed by atoms with Gasteiger partial charge < -0.3 is 15.8 Å². The van der Waals surface area contributed by atoms with E-state index in [1.165, 1.54) is 0 Å². The molecule has 0 aliphatic rings. The fourth-order valence-electron chi connectivity index (χ4n) is 1.97. The summed E-state index contributed by atoms with van der Waals surface area (Å²) >= 11 is 3.38. The van der Waals surface area contributed by atoms with Crippen LogP contribution in [0.5, 0.6) is 5.75 Å². The molecule has 0 radical (unpaired) electrons. The molecule has 0 fully saturated rings. The molecule has 0 aliphatic heterocycles. The summed E-state index contributed by atoms with van der Waals surface area (Å²) in [5.41, 5.74) is 5.88. The zero-order chi connectivity index (χ0) is 16.4. The van der Waals surface area contributed by atoms with Crippen LogP contribution in [0.4, 0.5) is 0 Å². The maximum absolute atomic E-state index is 11.8. The first kappa shape index (κ1) is 19.0. The van der Waals surface area contributed by atoms with Crippen molar-refractivity contribution in [3.05, 3.63) is 28.7 Å². The summed E-state index contributed by atoms with van der Waals surface area (Å²) in [7, 11) is 0. The van der Waals surface area contributed by atoms with Crippen LogP contribution >= 0.6 is 15.9 Å². The van der Waals surface area contributed by atoms with Crippen molar-refractivity contribution in [3.63, 3.8) is 0 Å². The molecule has 1 aromatic rings. The minimum atomic E-state index is -0.277. The maximum Gasteiger partial charge on any atom is 0.220 e. The fourth-order valence-corrected chi connectivity index (χ4v) is 2.24. The summed E-state index contributed by atoms with van der Waals surface area (Å²) in [5, 5.41) is 2.93. The van der Waals surface area contributed by atoms with Crippen molar-refractivity contribution in [2.24, 2.45) is 5.73 Å². The van der Waals surface area contributed by atoms with Gasteiger partial charge in [0.15, 0.2) is 0 Å². The van der Waals surface area contributed by atoms with Crippen molar-refractivity contribution in [2.45, 2.75) is 51.5 Å². The van der Waals surface area contributed by atoms with Gasteiger partial charge in [-0.2, -0.15) is 0 Å². The molecule has 0 spiro atoms. The Bertz CT molecular complexity index is 444. The van der Waals surface area contributed by atoms with Gasteiger partial charge in [-0.3, -0.25) is 4.79 Å². The first-order valence-corrected chi connectivity index (χ1v) is 8.72. The van der Waals surface area contributed by atoms with Gasteiger partial charge in [0.2, 0.25) is 5.91 Å². The van der Waals surface area contributed by atoms with E-state index in [0.29, 0.717) is 19.6 Å². The number of ether oxygens (including phenoxy) is 1. The molecule has 0 saturated carbocycles. The van der Waals surface area contributed by atoms with Crippen LogP contribution < -0.4 is 15.8 Å². The average molecular weight is 371 g/mol. The molecule has 5 heteroatoms. The summed E-state index contributed by atoms with van der Waals surface area (Å²) in [5.74, 6) is 0.923. The van der Waals surface area contributed by atoms with E-state index in [2.05, 4.69) is 35.1 Å². The van der Waals surface area contributed by atoms with E-state index in [1.54, 1.807) is 0 Å². The van der Waals surface area contributed by atoms with Crippen LogP contribution in [0.1, 0.15) is 46.0 Å². The number of hydrogen-bond donors (Lipinski definition) is 2. The lowest BCUT2D eigenvalue weighted by Crippen LogP contribution is -2.49. The lowest BCUT2D eigenvalue weighted by Gasteiger charge is -2.26. The highest BCUT2D eigenvalue weighted by molar-refractivity contribution is 9.10.